The topological polar surface area (TPSA) is 133 Å². The number of hydrogen-bond acceptors (Lipinski definition) is 8. The second-order valence-electron chi connectivity index (χ2n) is 6.78. The van der Waals surface area contributed by atoms with Gasteiger partial charge < -0.3 is 25.8 Å². The van der Waals surface area contributed by atoms with Gasteiger partial charge in [0, 0.05) is 11.3 Å². The quantitative estimate of drug-likeness (QED) is 0.466. The van der Waals surface area contributed by atoms with Crippen molar-refractivity contribution in [3.8, 4) is 5.75 Å². The molecule has 0 fully saturated rings. The zero-order valence-electron chi connectivity index (χ0n) is 17.7. The van der Waals surface area contributed by atoms with Gasteiger partial charge in [-0.3, -0.25) is 9.59 Å². The van der Waals surface area contributed by atoms with E-state index in [1.165, 1.54) is 14.0 Å². The first-order valence-corrected chi connectivity index (χ1v) is 10.4. The highest BCUT2D eigenvalue weighted by Crippen LogP contribution is 2.24. The number of aromatic nitrogens is 1. The predicted molar refractivity (Wildman–Crippen MR) is 122 cm³/mol. The molecule has 0 spiro atoms. The molecule has 1 unspecified atom stereocenters. The highest BCUT2D eigenvalue weighted by molar-refractivity contribution is 7.10. The van der Waals surface area contributed by atoms with E-state index < -0.39 is 18.0 Å². The van der Waals surface area contributed by atoms with Gasteiger partial charge in [-0.1, -0.05) is 12.1 Å². The number of methoxy groups -OCH3 is 1. The van der Waals surface area contributed by atoms with Crippen LogP contribution in [-0.2, 0) is 9.53 Å². The summed E-state index contributed by atoms with van der Waals surface area (Å²) in [6, 6.07) is 13.4. The van der Waals surface area contributed by atoms with Crippen molar-refractivity contribution in [2.24, 2.45) is 0 Å². The number of para-hydroxylation sites is 2. The van der Waals surface area contributed by atoms with E-state index >= 15 is 0 Å². The van der Waals surface area contributed by atoms with Crippen molar-refractivity contribution in [2.45, 2.75) is 20.0 Å². The Morgan fingerprint density at radius 2 is 1.75 bits per heavy atom. The van der Waals surface area contributed by atoms with Crippen molar-refractivity contribution >= 4 is 45.7 Å². The molecule has 0 saturated carbocycles. The maximum atomic E-state index is 12.5. The van der Waals surface area contributed by atoms with E-state index in [-0.39, 0.29) is 16.5 Å². The van der Waals surface area contributed by atoms with Crippen molar-refractivity contribution in [3.63, 3.8) is 0 Å². The molecule has 0 aliphatic carbocycles. The normalized spacial score (nSPS) is 11.3. The molecule has 1 atom stereocenters. The van der Waals surface area contributed by atoms with Gasteiger partial charge in [0.1, 0.15) is 16.3 Å². The van der Waals surface area contributed by atoms with Gasteiger partial charge >= 0.3 is 5.97 Å². The molecule has 0 bridgehead atoms. The van der Waals surface area contributed by atoms with Crippen LogP contribution in [0.15, 0.2) is 48.5 Å². The molecule has 4 N–H and O–H groups in total. The summed E-state index contributed by atoms with van der Waals surface area (Å²) in [6.07, 6.45) is -1.06. The van der Waals surface area contributed by atoms with Crippen LogP contribution in [0.4, 0.5) is 16.4 Å². The van der Waals surface area contributed by atoms with Crippen LogP contribution in [0.3, 0.4) is 0 Å². The van der Waals surface area contributed by atoms with E-state index in [9.17, 15) is 14.4 Å². The van der Waals surface area contributed by atoms with Gasteiger partial charge in [0.25, 0.3) is 11.8 Å². The van der Waals surface area contributed by atoms with Gasteiger partial charge in [-0.25, -0.2) is 4.79 Å². The highest BCUT2D eigenvalue weighted by Gasteiger charge is 2.23. The molecule has 3 aromatic rings. The number of nitrogen functional groups attached to an aromatic ring is 1. The van der Waals surface area contributed by atoms with Crippen LogP contribution in [-0.4, -0.2) is 35.4 Å². The number of esters is 1. The molecule has 1 aromatic heterocycles. The minimum atomic E-state index is -1.06. The number of nitrogens with zero attached hydrogens (tertiary/aromatic N) is 1. The Balaban J connectivity index is 1.59. The highest BCUT2D eigenvalue weighted by atomic mass is 32.1. The van der Waals surface area contributed by atoms with Crippen LogP contribution in [0.1, 0.15) is 33.3 Å². The lowest BCUT2D eigenvalue weighted by molar-refractivity contribution is -0.123. The minimum Gasteiger partial charge on any atom is -0.495 e. The SMILES string of the molecule is COc1ccccc1NC(=O)c1ccc(NC(=O)C(C)OC(=O)c2c(C)nsc2N)cc1. The number of amides is 2. The second kappa shape index (κ2) is 9.92. The number of anilines is 3. The molecule has 32 heavy (non-hydrogen) atoms. The molecule has 0 aliphatic heterocycles. The Labute approximate surface area is 188 Å². The minimum absolute atomic E-state index is 0.167. The fraction of sp³-hybridized carbons (Fsp3) is 0.182. The summed E-state index contributed by atoms with van der Waals surface area (Å²) in [6.45, 7) is 3.09. The molecule has 0 aliphatic rings. The Morgan fingerprint density at radius 1 is 1.06 bits per heavy atom. The van der Waals surface area contributed by atoms with Gasteiger partial charge in [-0.15, -0.1) is 0 Å². The number of ether oxygens (including phenoxy) is 2. The Bertz CT molecular complexity index is 1120. The third-order valence-corrected chi connectivity index (χ3v) is 5.28. The zero-order valence-corrected chi connectivity index (χ0v) is 18.5. The maximum Gasteiger partial charge on any atom is 0.343 e. The van der Waals surface area contributed by atoms with Crippen LogP contribution < -0.4 is 21.1 Å². The first-order valence-electron chi connectivity index (χ1n) is 9.58. The van der Waals surface area contributed by atoms with Gasteiger partial charge in [-0.2, -0.15) is 4.37 Å². The van der Waals surface area contributed by atoms with E-state index in [4.69, 9.17) is 15.2 Å². The molecule has 2 aromatic carbocycles. The summed E-state index contributed by atoms with van der Waals surface area (Å²) in [5.74, 6) is -1.01. The Hall–Kier alpha value is -3.92. The molecule has 10 heteroatoms. The van der Waals surface area contributed by atoms with Gasteiger partial charge in [-0.05, 0) is 61.8 Å². The maximum absolute atomic E-state index is 12.5. The van der Waals surface area contributed by atoms with E-state index in [0.29, 0.717) is 28.4 Å². The molecule has 3 rings (SSSR count). The summed E-state index contributed by atoms with van der Waals surface area (Å²) < 4.78 is 14.4. The van der Waals surface area contributed by atoms with Crippen LogP contribution in [0.2, 0.25) is 0 Å². The lowest BCUT2D eigenvalue weighted by atomic mass is 10.1. The standard InChI is InChI=1S/C22H22N4O5S/c1-12-18(19(23)32-26-12)22(29)31-13(2)20(27)24-15-10-8-14(9-11-15)21(28)25-16-6-4-5-7-17(16)30-3/h4-11,13H,23H2,1-3H3,(H,24,27)(H,25,28). The van der Waals surface area contributed by atoms with E-state index in [1.54, 1.807) is 55.5 Å². The summed E-state index contributed by atoms with van der Waals surface area (Å²) >= 11 is 0.990. The summed E-state index contributed by atoms with van der Waals surface area (Å²) in [7, 11) is 1.52. The van der Waals surface area contributed by atoms with Crippen molar-refractivity contribution in [1.82, 2.24) is 4.37 Å². The van der Waals surface area contributed by atoms with Crippen LogP contribution in [0, 0.1) is 6.92 Å². The fourth-order valence-corrected chi connectivity index (χ4v) is 3.45. The molecule has 2 amide bonds. The zero-order chi connectivity index (χ0) is 23.3. The summed E-state index contributed by atoms with van der Waals surface area (Å²) in [5, 5.41) is 5.66. The lowest BCUT2D eigenvalue weighted by Gasteiger charge is -2.14. The number of rotatable bonds is 7. The van der Waals surface area contributed by atoms with E-state index in [2.05, 4.69) is 15.0 Å². The molecule has 166 valence electrons. The van der Waals surface area contributed by atoms with Crippen molar-refractivity contribution in [2.75, 3.05) is 23.5 Å². The number of hydrogen-bond donors (Lipinski definition) is 3. The number of nitrogens with two attached hydrogens (primary N) is 1. The van der Waals surface area contributed by atoms with Crippen molar-refractivity contribution in [1.29, 1.82) is 0 Å². The number of benzene rings is 2. The number of carbonyl (C=O) groups is 3. The van der Waals surface area contributed by atoms with Crippen LogP contribution in [0.5, 0.6) is 5.75 Å². The first-order chi connectivity index (χ1) is 15.3. The van der Waals surface area contributed by atoms with Crippen LogP contribution >= 0.6 is 11.5 Å². The summed E-state index contributed by atoms with van der Waals surface area (Å²) in [4.78, 5) is 37.1. The number of carbonyl (C=O) groups excluding carboxylic acids is 3. The Morgan fingerprint density at radius 3 is 2.38 bits per heavy atom. The van der Waals surface area contributed by atoms with Crippen molar-refractivity contribution < 1.29 is 23.9 Å². The summed E-state index contributed by atoms with van der Waals surface area (Å²) in [5.41, 5.74) is 7.74. The largest absolute Gasteiger partial charge is 0.495 e. The predicted octanol–water partition coefficient (Wildman–Crippen LogP) is 3.48. The fourth-order valence-electron chi connectivity index (χ4n) is 2.80. The number of aryl methyl sites for hydroxylation is 1. The van der Waals surface area contributed by atoms with E-state index in [0.717, 1.165) is 11.5 Å². The number of nitrogens with one attached hydrogen (secondary N) is 2. The van der Waals surface area contributed by atoms with Gasteiger partial charge in [0.15, 0.2) is 6.10 Å². The average molecular weight is 455 g/mol. The second-order valence-corrected chi connectivity index (χ2v) is 7.58. The van der Waals surface area contributed by atoms with Gasteiger partial charge in [0.2, 0.25) is 0 Å². The Kier molecular flexibility index (Phi) is 7.06. The molecular formula is C22H22N4O5S. The molecule has 9 nitrogen and oxygen atoms in total. The third-order valence-electron chi connectivity index (χ3n) is 4.52. The molecular weight excluding hydrogens is 432 g/mol. The smallest absolute Gasteiger partial charge is 0.343 e. The van der Waals surface area contributed by atoms with E-state index in [1.807, 2.05) is 0 Å². The monoisotopic (exact) mass is 454 g/mol. The first kappa shape index (κ1) is 22.8. The van der Waals surface area contributed by atoms with Crippen LogP contribution in [0.25, 0.3) is 0 Å². The molecule has 1 heterocycles. The lowest BCUT2D eigenvalue weighted by Crippen LogP contribution is -2.30. The third kappa shape index (κ3) is 5.22. The molecule has 0 radical (unpaired) electrons. The van der Waals surface area contributed by atoms with Crippen molar-refractivity contribution in [3.05, 3.63) is 65.4 Å². The average Bonchev–Trinajstić information content (AvgIpc) is 3.12. The van der Waals surface area contributed by atoms with Gasteiger partial charge in [0.05, 0.1) is 18.5 Å². The molecule has 0 saturated heterocycles.